The second-order valence-corrected chi connectivity index (χ2v) is 2.62. The van der Waals surface area contributed by atoms with Crippen LogP contribution in [0.25, 0.3) is 0 Å². The molecule has 0 bridgehead atoms. The van der Waals surface area contributed by atoms with Gasteiger partial charge in [-0.3, -0.25) is 0 Å². The standard InChI is InChI=1S/C7H8O4Si/c8-6-4-2-1-3-5(6)7(9)11-12-10/h1-4,8,10H,12H2. The van der Waals surface area contributed by atoms with Gasteiger partial charge in [-0.05, 0) is 12.1 Å². The van der Waals surface area contributed by atoms with E-state index in [4.69, 9.17) is 9.90 Å². The quantitative estimate of drug-likeness (QED) is 0.610. The summed E-state index contributed by atoms with van der Waals surface area (Å²) in [7, 11) is -1.75. The van der Waals surface area contributed by atoms with Gasteiger partial charge in [-0.2, -0.15) is 0 Å². The highest BCUT2D eigenvalue weighted by molar-refractivity contribution is 6.22. The zero-order chi connectivity index (χ0) is 8.97. The summed E-state index contributed by atoms with van der Waals surface area (Å²) in [5.41, 5.74) is 0.0825. The number of phenols is 1. The summed E-state index contributed by atoms with van der Waals surface area (Å²) in [6.07, 6.45) is 0. The number of rotatable bonds is 2. The number of aromatic hydroxyl groups is 1. The third-order valence-electron chi connectivity index (χ3n) is 1.32. The van der Waals surface area contributed by atoms with Crippen LogP contribution in [0.3, 0.4) is 0 Å². The number of carbonyl (C=O) groups excluding carboxylic acids is 1. The molecule has 0 fully saturated rings. The molecule has 1 aromatic rings. The maximum atomic E-state index is 11.0. The van der Waals surface area contributed by atoms with E-state index in [0.29, 0.717) is 0 Å². The van der Waals surface area contributed by atoms with Crippen LogP contribution >= 0.6 is 0 Å². The van der Waals surface area contributed by atoms with Gasteiger partial charge < -0.3 is 14.3 Å². The van der Waals surface area contributed by atoms with E-state index in [-0.39, 0.29) is 11.3 Å². The molecule has 0 radical (unpaired) electrons. The molecule has 5 heteroatoms. The Morgan fingerprint density at radius 3 is 2.67 bits per heavy atom. The van der Waals surface area contributed by atoms with Crippen LogP contribution in [0.4, 0.5) is 0 Å². The van der Waals surface area contributed by atoms with Crippen molar-refractivity contribution >= 4 is 16.0 Å². The highest BCUT2D eigenvalue weighted by Gasteiger charge is 2.09. The van der Waals surface area contributed by atoms with Gasteiger partial charge in [0.05, 0.1) is 5.56 Å². The topological polar surface area (TPSA) is 66.8 Å². The lowest BCUT2D eigenvalue weighted by Gasteiger charge is -2.02. The van der Waals surface area contributed by atoms with E-state index < -0.39 is 16.0 Å². The maximum Gasteiger partial charge on any atom is 0.366 e. The van der Waals surface area contributed by atoms with Crippen molar-refractivity contribution in [3.05, 3.63) is 29.8 Å². The van der Waals surface area contributed by atoms with Crippen molar-refractivity contribution in [2.24, 2.45) is 0 Å². The molecule has 0 unspecified atom stereocenters. The van der Waals surface area contributed by atoms with E-state index in [1.165, 1.54) is 12.1 Å². The SMILES string of the molecule is O=C(O[SiH2]O)c1ccccc1O. The summed E-state index contributed by atoms with van der Waals surface area (Å²) in [5, 5.41) is 9.14. The number of hydrogen-bond donors (Lipinski definition) is 2. The van der Waals surface area contributed by atoms with Crippen LogP contribution < -0.4 is 0 Å². The molecule has 0 aromatic heterocycles. The Hall–Kier alpha value is -1.33. The Morgan fingerprint density at radius 2 is 2.08 bits per heavy atom. The Labute approximate surface area is 71.5 Å². The smallest absolute Gasteiger partial charge is 0.366 e. The molecule has 0 spiro atoms. The summed E-state index contributed by atoms with van der Waals surface area (Å²) in [6.45, 7) is 0. The van der Waals surface area contributed by atoms with Crippen molar-refractivity contribution in [3.8, 4) is 5.75 Å². The summed E-state index contributed by atoms with van der Waals surface area (Å²) in [4.78, 5) is 19.4. The molecular weight excluding hydrogens is 176 g/mol. The number of para-hydroxylation sites is 1. The minimum atomic E-state index is -1.75. The van der Waals surface area contributed by atoms with E-state index in [1.807, 2.05) is 0 Å². The van der Waals surface area contributed by atoms with Crippen molar-refractivity contribution in [3.63, 3.8) is 0 Å². The van der Waals surface area contributed by atoms with Crippen LogP contribution in [0.15, 0.2) is 24.3 Å². The van der Waals surface area contributed by atoms with Crippen LogP contribution in [-0.2, 0) is 4.43 Å². The first-order valence-electron chi connectivity index (χ1n) is 3.31. The van der Waals surface area contributed by atoms with Crippen molar-refractivity contribution in [2.75, 3.05) is 0 Å². The van der Waals surface area contributed by atoms with E-state index in [2.05, 4.69) is 4.43 Å². The van der Waals surface area contributed by atoms with Gasteiger partial charge in [0.25, 0.3) is 0 Å². The molecule has 12 heavy (non-hydrogen) atoms. The Balaban J connectivity index is 2.87. The number of phenolic OH excluding ortho intramolecular Hbond substituents is 1. The average molecular weight is 184 g/mol. The van der Waals surface area contributed by atoms with Gasteiger partial charge in [-0.1, -0.05) is 12.1 Å². The molecule has 0 saturated heterocycles. The second kappa shape index (κ2) is 3.89. The molecule has 1 rings (SSSR count). The summed E-state index contributed by atoms with van der Waals surface area (Å²) in [5.74, 6) is -0.813. The van der Waals surface area contributed by atoms with Gasteiger partial charge in [-0.25, -0.2) is 4.79 Å². The van der Waals surface area contributed by atoms with Gasteiger partial charge >= 0.3 is 16.0 Å². The zero-order valence-electron chi connectivity index (χ0n) is 6.23. The lowest BCUT2D eigenvalue weighted by atomic mass is 10.2. The predicted octanol–water partition coefficient (Wildman–Crippen LogP) is -0.460. The zero-order valence-corrected chi connectivity index (χ0v) is 7.64. The largest absolute Gasteiger partial charge is 0.507 e. The van der Waals surface area contributed by atoms with Gasteiger partial charge in [0.2, 0.25) is 0 Å². The van der Waals surface area contributed by atoms with Gasteiger partial charge in [0.15, 0.2) is 0 Å². The lowest BCUT2D eigenvalue weighted by Crippen LogP contribution is -2.08. The van der Waals surface area contributed by atoms with Crippen molar-refractivity contribution in [1.82, 2.24) is 0 Å². The molecule has 0 atom stereocenters. The highest BCUT2D eigenvalue weighted by atomic mass is 28.2. The molecule has 64 valence electrons. The van der Waals surface area contributed by atoms with E-state index >= 15 is 0 Å². The first kappa shape index (κ1) is 8.76. The van der Waals surface area contributed by atoms with E-state index in [0.717, 1.165) is 0 Å². The molecular formula is C7H8O4Si. The van der Waals surface area contributed by atoms with Crippen molar-refractivity contribution in [2.45, 2.75) is 0 Å². The Bertz CT molecular complexity index is 286. The normalized spacial score (nSPS) is 10.4. The monoisotopic (exact) mass is 184 g/mol. The summed E-state index contributed by atoms with van der Waals surface area (Å²) >= 11 is 0. The summed E-state index contributed by atoms with van der Waals surface area (Å²) in [6, 6.07) is 6.02. The third-order valence-corrected chi connectivity index (χ3v) is 1.71. The predicted molar refractivity (Wildman–Crippen MR) is 44.3 cm³/mol. The molecule has 0 aliphatic heterocycles. The van der Waals surface area contributed by atoms with E-state index in [1.54, 1.807) is 12.1 Å². The Kier molecular flexibility index (Phi) is 2.84. The third kappa shape index (κ3) is 1.83. The average Bonchev–Trinajstić information content (AvgIpc) is 2.05. The number of benzene rings is 1. The van der Waals surface area contributed by atoms with Crippen molar-refractivity contribution in [1.29, 1.82) is 0 Å². The first-order chi connectivity index (χ1) is 5.75. The fourth-order valence-electron chi connectivity index (χ4n) is 0.783. The molecule has 0 aliphatic rings. The molecule has 0 heterocycles. The molecule has 0 aliphatic carbocycles. The van der Waals surface area contributed by atoms with E-state index in [9.17, 15) is 4.79 Å². The molecule has 2 N–H and O–H groups in total. The fourth-order valence-corrected chi connectivity index (χ4v) is 1.06. The Morgan fingerprint density at radius 1 is 1.42 bits per heavy atom. The first-order valence-corrected chi connectivity index (χ1v) is 4.52. The highest BCUT2D eigenvalue weighted by Crippen LogP contribution is 2.15. The van der Waals surface area contributed by atoms with Crippen LogP contribution in [-0.4, -0.2) is 25.9 Å². The van der Waals surface area contributed by atoms with Gasteiger partial charge in [0, 0.05) is 0 Å². The van der Waals surface area contributed by atoms with Crippen LogP contribution in [0.1, 0.15) is 10.4 Å². The van der Waals surface area contributed by atoms with Crippen LogP contribution in [0.5, 0.6) is 5.75 Å². The second-order valence-electron chi connectivity index (χ2n) is 2.08. The van der Waals surface area contributed by atoms with Crippen molar-refractivity contribution < 1.29 is 19.1 Å². The fraction of sp³-hybridized carbons (Fsp3) is 0. The lowest BCUT2D eigenvalue weighted by molar-refractivity contribution is 0.0716. The van der Waals surface area contributed by atoms with Crippen LogP contribution in [0, 0.1) is 0 Å². The molecule has 1 aromatic carbocycles. The molecule has 4 nitrogen and oxygen atoms in total. The minimum Gasteiger partial charge on any atom is -0.507 e. The van der Waals surface area contributed by atoms with Crippen LogP contribution in [0.2, 0.25) is 0 Å². The molecule has 0 amide bonds. The van der Waals surface area contributed by atoms with Gasteiger partial charge in [0.1, 0.15) is 5.75 Å². The number of carbonyl (C=O) groups is 1. The molecule has 0 saturated carbocycles. The van der Waals surface area contributed by atoms with Gasteiger partial charge in [-0.15, -0.1) is 0 Å². The summed E-state index contributed by atoms with van der Waals surface area (Å²) < 4.78 is 4.40. The number of hydrogen-bond acceptors (Lipinski definition) is 4. The maximum absolute atomic E-state index is 11.0. The minimum absolute atomic E-state index is 0.0825.